The molecule has 0 aromatic carbocycles. The van der Waals surface area contributed by atoms with Crippen LogP contribution in [-0.2, 0) is 4.79 Å². The number of rotatable bonds is 3. The van der Waals surface area contributed by atoms with E-state index in [2.05, 4.69) is 0 Å². The molecule has 1 aliphatic heterocycles. The maximum Gasteiger partial charge on any atom is 0.320 e. The van der Waals surface area contributed by atoms with Crippen LogP contribution < -0.4 is 5.73 Å². The van der Waals surface area contributed by atoms with Gasteiger partial charge in [-0.05, 0) is 39.2 Å². The Kier molecular flexibility index (Phi) is 3.89. The first kappa shape index (κ1) is 11.5. The molecule has 0 bridgehead atoms. The van der Waals surface area contributed by atoms with Crippen LogP contribution in [0, 0.1) is 5.92 Å². The van der Waals surface area contributed by atoms with Crippen molar-refractivity contribution in [1.29, 1.82) is 0 Å². The molecule has 3 atom stereocenters. The number of aliphatic carboxylic acids is 1. The van der Waals surface area contributed by atoms with Gasteiger partial charge in [0.2, 0.25) is 0 Å². The van der Waals surface area contributed by atoms with Crippen LogP contribution >= 0.6 is 0 Å². The van der Waals surface area contributed by atoms with Crippen LogP contribution in [-0.4, -0.2) is 41.1 Å². The maximum atomic E-state index is 10.8. The highest BCUT2D eigenvalue weighted by Crippen LogP contribution is 2.20. The molecule has 3 N–H and O–H groups in total. The second-order valence-electron chi connectivity index (χ2n) is 4.27. The van der Waals surface area contributed by atoms with Crippen LogP contribution in [0.15, 0.2) is 0 Å². The van der Waals surface area contributed by atoms with E-state index in [1.54, 1.807) is 6.92 Å². The fourth-order valence-electron chi connectivity index (χ4n) is 1.98. The topological polar surface area (TPSA) is 66.6 Å². The molecule has 0 aromatic rings. The molecule has 14 heavy (non-hydrogen) atoms. The summed E-state index contributed by atoms with van der Waals surface area (Å²) in [7, 11) is 0. The number of nitrogens with zero attached hydrogens (tertiary/aromatic N) is 1. The minimum absolute atomic E-state index is 0.166. The smallest absolute Gasteiger partial charge is 0.320 e. The summed E-state index contributed by atoms with van der Waals surface area (Å²) in [6.07, 6.45) is 2.18. The highest BCUT2D eigenvalue weighted by atomic mass is 16.4. The van der Waals surface area contributed by atoms with E-state index < -0.39 is 5.97 Å². The van der Waals surface area contributed by atoms with E-state index in [0.29, 0.717) is 5.92 Å². The van der Waals surface area contributed by atoms with Gasteiger partial charge in [-0.3, -0.25) is 9.69 Å². The fraction of sp³-hybridized carbons (Fsp3) is 0.900. The molecular formula is C10H20N2O2. The first-order chi connectivity index (χ1) is 6.52. The standard InChI is InChI=1S/C10H20N2O2/c1-7(11)9-4-3-5-12(6-9)8(2)10(13)14/h7-9H,3-6,11H2,1-2H3,(H,13,14). The summed E-state index contributed by atoms with van der Waals surface area (Å²) >= 11 is 0. The number of hydrogen-bond donors (Lipinski definition) is 2. The molecule has 4 heteroatoms. The molecule has 0 saturated carbocycles. The van der Waals surface area contributed by atoms with Crippen molar-refractivity contribution < 1.29 is 9.90 Å². The maximum absolute atomic E-state index is 10.8. The van der Waals surface area contributed by atoms with Crippen LogP contribution in [0.3, 0.4) is 0 Å². The number of hydrogen-bond acceptors (Lipinski definition) is 3. The Morgan fingerprint density at radius 1 is 1.57 bits per heavy atom. The number of piperidine rings is 1. The SMILES string of the molecule is CC(N)C1CCCN(C(C)C(=O)O)C1. The quantitative estimate of drug-likeness (QED) is 0.697. The Hall–Kier alpha value is -0.610. The van der Waals surface area contributed by atoms with Gasteiger partial charge in [-0.15, -0.1) is 0 Å². The summed E-state index contributed by atoms with van der Waals surface area (Å²) in [4.78, 5) is 12.8. The van der Waals surface area contributed by atoms with Crippen LogP contribution in [0.5, 0.6) is 0 Å². The second kappa shape index (κ2) is 4.75. The van der Waals surface area contributed by atoms with Crippen LogP contribution in [0.4, 0.5) is 0 Å². The van der Waals surface area contributed by atoms with Crippen molar-refractivity contribution in [1.82, 2.24) is 4.90 Å². The van der Waals surface area contributed by atoms with Crippen LogP contribution in [0.2, 0.25) is 0 Å². The molecular weight excluding hydrogens is 180 g/mol. The lowest BCUT2D eigenvalue weighted by molar-refractivity contribution is -0.143. The molecule has 1 aliphatic rings. The summed E-state index contributed by atoms with van der Waals surface area (Å²) in [5.41, 5.74) is 5.83. The molecule has 0 aromatic heterocycles. The zero-order valence-electron chi connectivity index (χ0n) is 8.94. The fourth-order valence-corrected chi connectivity index (χ4v) is 1.98. The van der Waals surface area contributed by atoms with Gasteiger partial charge in [-0.25, -0.2) is 0 Å². The first-order valence-electron chi connectivity index (χ1n) is 5.24. The zero-order valence-corrected chi connectivity index (χ0v) is 8.94. The Bertz CT molecular complexity index is 206. The van der Waals surface area contributed by atoms with Gasteiger partial charge in [0.25, 0.3) is 0 Å². The van der Waals surface area contributed by atoms with Gasteiger partial charge in [0.15, 0.2) is 0 Å². The number of nitrogens with two attached hydrogens (primary N) is 1. The van der Waals surface area contributed by atoms with E-state index in [0.717, 1.165) is 25.9 Å². The van der Waals surface area contributed by atoms with E-state index >= 15 is 0 Å². The summed E-state index contributed by atoms with van der Waals surface area (Å²) < 4.78 is 0. The number of carboxylic acid groups (broad SMARTS) is 1. The predicted octanol–water partition coefficient (Wildman–Crippen LogP) is 0.519. The van der Waals surface area contributed by atoms with Gasteiger partial charge in [-0.2, -0.15) is 0 Å². The molecule has 1 rings (SSSR count). The molecule has 1 saturated heterocycles. The summed E-state index contributed by atoms with van der Waals surface area (Å²) in [5.74, 6) is -0.291. The largest absolute Gasteiger partial charge is 0.480 e. The van der Waals surface area contributed by atoms with E-state index in [1.165, 1.54) is 0 Å². The van der Waals surface area contributed by atoms with Gasteiger partial charge in [-0.1, -0.05) is 0 Å². The Morgan fingerprint density at radius 3 is 2.71 bits per heavy atom. The average Bonchev–Trinajstić information content (AvgIpc) is 2.16. The summed E-state index contributed by atoms with van der Waals surface area (Å²) in [5, 5.41) is 8.89. The monoisotopic (exact) mass is 200 g/mol. The zero-order chi connectivity index (χ0) is 10.7. The van der Waals surface area contributed by atoms with Gasteiger partial charge in [0, 0.05) is 12.6 Å². The van der Waals surface area contributed by atoms with Crippen molar-refractivity contribution in [3.8, 4) is 0 Å². The van der Waals surface area contributed by atoms with Gasteiger partial charge >= 0.3 is 5.97 Å². The van der Waals surface area contributed by atoms with Gasteiger partial charge in [0.1, 0.15) is 6.04 Å². The highest BCUT2D eigenvalue weighted by Gasteiger charge is 2.28. The lowest BCUT2D eigenvalue weighted by Crippen LogP contribution is -2.48. The summed E-state index contributed by atoms with van der Waals surface area (Å²) in [6.45, 7) is 5.45. The molecule has 0 radical (unpaired) electrons. The number of carbonyl (C=O) groups is 1. The number of likely N-dealkylation sites (tertiary alicyclic amines) is 1. The Morgan fingerprint density at radius 2 is 2.21 bits per heavy atom. The summed E-state index contributed by atoms with van der Waals surface area (Å²) in [6, 6.07) is -0.213. The molecule has 1 heterocycles. The van der Waals surface area contributed by atoms with E-state index in [1.807, 2.05) is 11.8 Å². The van der Waals surface area contributed by atoms with Crippen molar-refractivity contribution in [2.24, 2.45) is 11.7 Å². The van der Waals surface area contributed by atoms with Crippen molar-refractivity contribution in [3.63, 3.8) is 0 Å². The van der Waals surface area contributed by atoms with Crippen molar-refractivity contribution in [3.05, 3.63) is 0 Å². The van der Waals surface area contributed by atoms with E-state index in [9.17, 15) is 4.79 Å². The third-order valence-corrected chi connectivity index (χ3v) is 3.14. The Labute approximate surface area is 85.1 Å². The van der Waals surface area contributed by atoms with Crippen LogP contribution in [0.25, 0.3) is 0 Å². The van der Waals surface area contributed by atoms with Gasteiger partial charge < -0.3 is 10.8 Å². The van der Waals surface area contributed by atoms with Crippen molar-refractivity contribution in [2.75, 3.05) is 13.1 Å². The lowest BCUT2D eigenvalue weighted by Gasteiger charge is -2.36. The van der Waals surface area contributed by atoms with Crippen molar-refractivity contribution >= 4 is 5.97 Å². The third-order valence-electron chi connectivity index (χ3n) is 3.14. The molecule has 82 valence electrons. The molecule has 0 aliphatic carbocycles. The van der Waals surface area contributed by atoms with Gasteiger partial charge in [0.05, 0.1) is 0 Å². The van der Waals surface area contributed by atoms with E-state index in [4.69, 9.17) is 10.8 Å². The van der Waals surface area contributed by atoms with Crippen LogP contribution in [0.1, 0.15) is 26.7 Å². The molecule has 4 nitrogen and oxygen atoms in total. The lowest BCUT2D eigenvalue weighted by atomic mass is 9.91. The van der Waals surface area contributed by atoms with E-state index in [-0.39, 0.29) is 12.1 Å². The molecule has 3 unspecified atom stereocenters. The minimum Gasteiger partial charge on any atom is -0.480 e. The molecule has 0 spiro atoms. The minimum atomic E-state index is -0.740. The molecule has 1 fully saturated rings. The average molecular weight is 200 g/mol. The van der Waals surface area contributed by atoms with Crippen molar-refractivity contribution in [2.45, 2.75) is 38.8 Å². The molecule has 0 amide bonds. The first-order valence-corrected chi connectivity index (χ1v) is 5.24. The number of carboxylic acids is 1. The Balaban J connectivity index is 2.51. The second-order valence-corrected chi connectivity index (χ2v) is 4.27. The predicted molar refractivity (Wildman–Crippen MR) is 55.0 cm³/mol. The normalized spacial score (nSPS) is 28.4. The third kappa shape index (κ3) is 2.69. The highest BCUT2D eigenvalue weighted by molar-refractivity contribution is 5.72.